The van der Waals surface area contributed by atoms with E-state index in [1.165, 1.54) is 5.56 Å². The molecular weight excluding hydrogens is 238 g/mol. The van der Waals surface area contributed by atoms with Crippen LogP contribution in [0.5, 0.6) is 0 Å². The minimum atomic E-state index is 0.503. The molecule has 0 bridgehead atoms. The second-order valence-corrected chi connectivity index (χ2v) is 4.68. The van der Waals surface area contributed by atoms with E-state index in [4.69, 9.17) is 10.2 Å². The molecule has 0 aromatic carbocycles. The number of pyridine rings is 1. The van der Waals surface area contributed by atoms with E-state index in [1.807, 2.05) is 19.1 Å². The fourth-order valence-electron chi connectivity index (χ4n) is 2.28. The summed E-state index contributed by atoms with van der Waals surface area (Å²) in [5.41, 5.74) is 9.20. The Morgan fingerprint density at radius 3 is 2.74 bits per heavy atom. The van der Waals surface area contributed by atoms with Crippen LogP contribution in [0.2, 0.25) is 0 Å². The average molecular weight is 259 g/mol. The Balaban J connectivity index is 2.37. The minimum absolute atomic E-state index is 0.503. The van der Waals surface area contributed by atoms with Crippen molar-refractivity contribution in [2.75, 3.05) is 11.4 Å². The third kappa shape index (κ3) is 2.96. The Kier molecular flexibility index (Phi) is 4.22. The quantitative estimate of drug-likeness (QED) is 0.897. The van der Waals surface area contributed by atoms with Crippen molar-refractivity contribution in [2.24, 2.45) is 5.73 Å². The van der Waals surface area contributed by atoms with E-state index < -0.39 is 0 Å². The first-order chi connectivity index (χ1) is 9.15. The van der Waals surface area contributed by atoms with Crippen molar-refractivity contribution >= 4 is 5.82 Å². The smallest absolute Gasteiger partial charge is 0.133 e. The first kappa shape index (κ1) is 13.6. The van der Waals surface area contributed by atoms with Gasteiger partial charge in [-0.25, -0.2) is 4.98 Å². The van der Waals surface area contributed by atoms with Crippen LogP contribution in [0.4, 0.5) is 5.82 Å². The van der Waals surface area contributed by atoms with Crippen LogP contribution >= 0.6 is 0 Å². The van der Waals surface area contributed by atoms with E-state index in [-0.39, 0.29) is 0 Å². The van der Waals surface area contributed by atoms with Gasteiger partial charge < -0.3 is 15.1 Å². The average Bonchev–Trinajstić information content (AvgIpc) is 2.88. The van der Waals surface area contributed by atoms with E-state index in [1.54, 1.807) is 6.26 Å². The van der Waals surface area contributed by atoms with Gasteiger partial charge in [0.1, 0.15) is 11.6 Å². The van der Waals surface area contributed by atoms with Gasteiger partial charge in [-0.15, -0.1) is 0 Å². The molecule has 2 rings (SSSR count). The number of anilines is 1. The van der Waals surface area contributed by atoms with Crippen molar-refractivity contribution in [3.05, 3.63) is 47.0 Å². The summed E-state index contributed by atoms with van der Waals surface area (Å²) >= 11 is 0. The van der Waals surface area contributed by atoms with Crippen molar-refractivity contribution in [1.82, 2.24) is 4.98 Å². The van der Waals surface area contributed by atoms with Gasteiger partial charge in [0.25, 0.3) is 0 Å². The number of rotatable bonds is 5. The fourth-order valence-corrected chi connectivity index (χ4v) is 2.28. The molecule has 4 nitrogen and oxygen atoms in total. The summed E-state index contributed by atoms with van der Waals surface area (Å²) in [6, 6.07) is 5.96. The Morgan fingerprint density at radius 2 is 2.16 bits per heavy atom. The molecule has 2 aromatic heterocycles. The summed E-state index contributed by atoms with van der Waals surface area (Å²) < 4.78 is 5.42. The van der Waals surface area contributed by atoms with Crippen molar-refractivity contribution in [2.45, 2.75) is 33.9 Å². The normalized spacial score (nSPS) is 10.7. The molecule has 0 saturated carbocycles. The Hall–Kier alpha value is -1.81. The molecule has 0 spiro atoms. The van der Waals surface area contributed by atoms with Gasteiger partial charge in [0.05, 0.1) is 12.8 Å². The molecule has 0 unspecified atom stereocenters. The topological polar surface area (TPSA) is 55.3 Å². The Morgan fingerprint density at radius 1 is 1.37 bits per heavy atom. The highest BCUT2D eigenvalue weighted by atomic mass is 16.3. The zero-order valence-electron chi connectivity index (χ0n) is 11.8. The van der Waals surface area contributed by atoms with Crippen LogP contribution in [-0.4, -0.2) is 11.5 Å². The van der Waals surface area contributed by atoms with Crippen LogP contribution in [0.3, 0.4) is 0 Å². The summed E-state index contributed by atoms with van der Waals surface area (Å²) in [4.78, 5) is 6.86. The highest BCUT2D eigenvalue weighted by molar-refractivity contribution is 5.51. The lowest BCUT2D eigenvalue weighted by Gasteiger charge is -2.24. The molecular formula is C15H21N3O. The van der Waals surface area contributed by atoms with E-state index in [2.05, 4.69) is 29.8 Å². The molecule has 2 heterocycles. The summed E-state index contributed by atoms with van der Waals surface area (Å²) in [5.74, 6) is 1.91. The number of nitrogens with two attached hydrogens (primary N) is 1. The summed E-state index contributed by atoms with van der Waals surface area (Å²) in [7, 11) is 0. The van der Waals surface area contributed by atoms with E-state index >= 15 is 0 Å². The lowest BCUT2D eigenvalue weighted by atomic mass is 10.1. The van der Waals surface area contributed by atoms with Crippen molar-refractivity contribution in [1.29, 1.82) is 0 Å². The van der Waals surface area contributed by atoms with Gasteiger partial charge in [-0.1, -0.05) is 0 Å². The third-order valence-electron chi connectivity index (χ3n) is 3.27. The number of furan rings is 1. The second kappa shape index (κ2) is 5.89. The number of aromatic nitrogens is 1. The first-order valence-corrected chi connectivity index (χ1v) is 6.60. The minimum Gasteiger partial charge on any atom is -0.467 e. The summed E-state index contributed by atoms with van der Waals surface area (Å²) in [6.45, 7) is 8.29. The number of aryl methyl sites for hydroxylation is 2. The molecule has 4 heteroatoms. The zero-order chi connectivity index (χ0) is 13.8. The lowest BCUT2D eigenvalue weighted by Crippen LogP contribution is -2.25. The second-order valence-electron chi connectivity index (χ2n) is 4.68. The molecule has 0 saturated heterocycles. The molecule has 0 fully saturated rings. The molecule has 102 valence electrons. The van der Waals surface area contributed by atoms with Crippen LogP contribution in [-0.2, 0) is 13.1 Å². The molecule has 0 aliphatic carbocycles. The summed E-state index contributed by atoms with van der Waals surface area (Å²) in [6.07, 6.45) is 1.70. The molecule has 19 heavy (non-hydrogen) atoms. The maximum Gasteiger partial charge on any atom is 0.133 e. The van der Waals surface area contributed by atoms with E-state index in [0.717, 1.165) is 29.4 Å². The van der Waals surface area contributed by atoms with Gasteiger partial charge in [0.2, 0.25) is 0 Å². The van der Waals surface area contributed by atoms with Gasteiger partial charge in [-0.2, -0.15) is 0 Å². The number of hydrogen-bond acceptors (Lipinski definition) is 4. The van der Waals surface area contributed by atoms with Crippen molar-refractivity contribution in [3.63, 3.8) is 0 Å². The SMILES string of the molecule is CCN(Cc1ccco1)c1nc(C)cc(C)c1CN. The van der Waals surface area contributed by atoms with E-state index in [9.17, 15) is 0 Å². The van der Waals surface area contributed by atoms with Gasteiger partial charge >= 0.3 is 0 Å². The molecule has 2 aromatic rings. The van der Waals surface area contributed by atoms with Crippen molar-refractivity contribution in [3.8, 4) is 0 Å². The van der Waals surface area contributed by atoms with Crippen molar-refractivity contribution < 1.29 is 4.42 Å². The molecule has 0 aliphatic heterocycles. The maximum absolute atomic E-state index is 5.88. The monoisotopic (exact) mass is 259 g/mol. The van der Waals surface area contributed by atoms with Crippen LogP contribution in [0.25, 0.3) is 0 Å². The molecule has 0 atom stereocenters. The van der Waals surface area contributed by atoms with Crippen LogP contribution < -0.4 is 10.6 Å². The largest absolute Gasteiger partial charge is 0.467 e. The standard InChI is InChI=1S/C15H21N3O/c1-4-18(10-13-6-5-7-19-13)15-14(9-16)11(2)8-12(3)17-15/h5-8H,4,9-10,16H2,1-3H3. The zero-order valence-corrected chi connectivity index (χ0v) is 11.8. The first-order valence-electron chi connectivity index (χ1n) is 6.60. The highest BCUT2D eigenvalue weighted by Gasteiger charge is 2.15. The molecule has 2 N–H and O–H groups in total. The Bertz CT molecular complexity index is 535. The van der Waals surface area contributed by atoms with Crippen LogP contribution in [0.15, 0.2) is 28.9 Å². The summed E-state index contributed by atoms with van der Waals surface area (Å²) in [5, 5.41) is 0. The predicted octanol–water partition coefficient (Wildman–Crippen LogP) is 2.78. The highest BCUT2D eigenvalue weighted by Crippen LogP contribution is 2.23. The number of nitrogens with zero attached hydrogens (tertiary/aromatic N) is 2. The van der Waals surface area contributed by atoms with E-state index in [0.29, 0.717) is 13.1 Å². The van der Waals surface area contributed by atoms with Gasteiger partial charge in [-0.3, -0.25) is 0 Å². The fraction of sp³-hybridized carbons (Fsp3) is 0.400. The maximum atomic E-state index is 5.88. The van der Waals surface area contributed by atoms with Crippen LogP contribution in [0, 0.1) is 13.8 Å². The molecule has 0 radical (unpaired) electrons. The predicted molar refractivity (Wildman–Crippen MR) is 77.0 cm³/mol. The number of hydrogen-bond donors (Lipinski definition) is 1. The van der Waals surface area contributed by atoms with Gasteiger partial charge in [0, 0.05) is 24.3 Å². The third-order valence-corrected chi connectivity index (χ3v) is 3.27. The lowest BCUT2D eigenvalue weighted by molar-refractivity contribution is 0.502. The Labute approximate surface area is 114 Å². The van der Waals surface area contributed by atoms with Gasteiger partial charge in [-0.05, 0) is 44.5 Å². The van der Waals surface area contributed by atoms with Crippen LogP contribution in [0.1, 0.15) is 29.5 Å². The van der Waals surface area contributed by atoms with Gasteiger partial charge in [0.15, 0.2) is 0 Å². The molecule has 0 aliphatic rings. The molecule has 0 amide bonds.